The fourth-order valence-corrected chi connectivity index (χ4v) is 2.50. The normalized spacial score (nSPS) is 19.2. The van der Waals surface area contributed by atoms with Crippen molar-refractivity contribution in [3.8, 4) is 0 Å². The molecule has 0 saturated carbocycles. The second kappa shape index (κ2) is 7.20. The smallest absolute Gasteiger partial charge is 0.0660 e. The number of rotatable bonds is 1. The predicted molar refractivity (Wildman–Crippen MR) is 81.0 cm³/mol. The average Bonchev–Trinajstić information content (AvgIpc) is 2.17. The minimum Gasteiger partial charge on any atom is -0.399 e. The molecule has 2 rings (SSSR count). The number of benzene rings is 1. The van der Waals surface area contributed by atoms with Gasteiger partial charge in [0.05, 0.1) is 10.7 Å². The van der Waals surface area contributed by atoms with E-state index >= 15 is 0 Å². The third kappa shape index (κ3) is 4.13. The van der Waals surface area contributed by atoms with Gasteiger partial charge in [0, 0.05) is 18.8 Å². The SMILES string of the molecule is CC1CCCN(c2ccc(N)cc2Cl)C1.Cl.Cl. The maximum Gasteiger partial charge on any atom is 0.0660 e. The van der Waals surface area contributed by atoms with E-state index in [1.165, 1.54) is 12.8 Å². The minimum atomic E-state index is 0. The first-order chi connectivity index (χ1) is 7.16. The summed E-state index contributed by atoms with van der Waals surface area (Å²) in [5, 5.41) is 0.768. The molecule has 1 aliphatic rings. The van der Waals surface area contributed by atoms with Crippen molar-refractivity contribution in [2.24, 2.45) is 5.92 Å². The van der Waals surface area contributed by atoms with Crippen LogP contribution in [0.4, 0.5) is 11.4 Å². The molecule has 98 valence electrons. The highest BCUT2D eigenvalue weighted by atomic mass is 35.5. The van der Waals surface area contributed by atoms with Crippen LogP contribution in [0.3, 0.4) is 0 Å². The molecule has 0 radical (unpaired) electrons. The van der Waals surface area contributed by atoms with E-state index < -0.39 is 0 Å². The summed E-state index contributed by atoms with van der Waals surface area (Å²) in [6, 6.07) is 5.77. The first-order valence-electron chi connectivity index (χ1n) is 5.47. The van der Waals surface area contributed by atoms with Crippen molar-refractivity contribution in [1.29, 1.82) is 0 Å². The lowest BCUT2D eigenvalue weighted by atomic mass is 10.00. The van der Waals surface area contributed by atoms with Gasteiger partial charge in [0.2, 0.25) is 0 Å². The summed E-state index contributed by atoms with van der Waals surface area (Å²) in [7, 11) is 0. The molecule has 0 aliphatic carbocycles. The summed E-state index contributed by atoms with van der Waals surface area (Å²) in [5.41, 5.74) is 7.53. The summed E-state index contributed by atoms with van der Waals surface area (Å²) < 4.78 is 0. The maximum absolute atomic E-state index is 6.19. The number of nitrogen functional groups attached to an aromatic ring is 1. The van der Waals surface area contributed by atoms with Gasteiger partial charge in [-0.1, -0.05) is 18.5 Å². The lowest BCUT2D eigenvalue weighted by molar-refractivity contribution is 0.447. The van der Waals surface area contributed by atoms with Crippen molar-refractivity contribution < 1.29 is 0 Å². The lowest BCUT2D eigenvalue weighted by Gasteiger charge is -2.33. The standard InChI is InChI=1S/C12H17ClN2.2ClH/c1-9-3-2-6-15(8-9)12-5-4-10(14)7-11(12)13;;/h4-5,7,9H,2-3,6,8,14H2,1H3;2*1H. The molecule has 2 N–H and O–H groups in total. The van der Waals surface area contributed by atoms with E-state index in [1.54, 1.807) is 0 Å². The largest absolute Gasteiger partial charge is 0.399 e. The molecule has 1 atom stereocenters. The first kappa shape index (κ1) is 16.7. The van der Waals surface area contributed by atoms with Crippen LogP contribution in [0.15, 0.2) is 18.2 Å². The van der Waals surface area contributed by atoms with Crippen molar-refractivity contribution in [2.75, 3.05) is 23.7 Å². The summed E-state index contributed by atoms with van der Waals surface area (Å²) in [4.78, 5) is 2.36. The zero-order chi connectivity index (χ0) is 10.8. The lowest BCUT2D eigenvalue weighted by Crippen LogP contribution is -2.34. The Morgan fingerprint density at radius 1 is 1.35 bits per heavy atom. The predicted octanol–water partition coefficient (Wildman–Crippen LogP) is 4.00. The molecular weight excluding hydrogens is 279 g/mol. The Hall–Kier alpha value is -0.310. The van der Waals surface area contributed by atoms with E-state index in [0.717, 1.165) is 35.4 Å². The van der Waals surface area contributed by atoms with E-state index in [-0.39, 0.29) is 24.8 Å². The van der Waals surface area contributed by atoms with E-state index in [2.05, 4.69) is 11.8 Å². The molecule has 1 aromatic rings. The van der Waals surface area contributed by atoms with Crippen LogP contribution in [-0.2, 0) is 0 Å². The van der Waals surface area contributed by atoms with Gasteiger partial charge in [0.1, 0.15) is 0 Å². The molecule has 1 saturated heterocycles. The van der Waals surface area contributed by atoms with Gasteiger partial charge in [-0.3, -0.25) is 0 Å². The second-order valence-electron chi connectivity index (χ2n) is 4.40. The van der Waals surface area contributed by atoms with Crippen LogP contribution in [0, 0.1) is 5.92 Å². The molecule has 2 nitrogen and oxygen atoms in total. The molecule has 1 aliphatic heterocycles. The number of hydrogen-bond acceptors (Lipinski definition) is 2. The van der Waals surface area contributed by atoms with Gasteiger partial charge in [-0.05, 0) is 37.0 Å². The van der Waals surface area contributed by atoms with Crippen LogP contribution in [0.1, 0.15) is 19.8 Å². The molecule has 0 aromatic heterocycles. The first-order valence-corrected chi connectivity index (χ1v) is 5.84. The zero-order valence-corrected chi connectivity index (χ0v) is 12.2. The van der Waals surface area contributed by atoms with Gasteiger partial charge in [0.25, 0.3) is 0 Å². The van der Waals surface area contributed by atoms with Gasteiger partial charge in [-0.25, -0.2) is 0 Å². The quantitative estimate of drug-likeness (QED) is 0.794. The van der Waals surface area contributed by atoms with Gasteiger partial charge in [-0.15, -0.1) is 24.8 Å². The van der Waals surface area contributed by atoms with Crippen molar-refractivity contribution in [2.45, 2.75) is 19.8 Å². The number of piperidine rings is 1. The Morgan fingerprint density at radius 2 is 2.06 bits per heavy atom. The Bertz CT molecular complexity index is 358. The molecule has 0 amide bonds. The van der Waals surface area contributed by atoms with E-state index in [0.29, 0.717) is 0 Å². The van der Waals surface area contributed by atoms with Crippen LogP contribution in [0.5, 0.6) is 0 Å². The summed E-state index contributed by atoms with van der Waals surface area (Å²) in [6.45, 7) is 4.50. The fourth-order valence-electron chi connectivity index (χ4n) is 2.19. The van der Waals surface area contributed by atoms with Crippen LogP contribution >= 0.6 is 36.4 Å². The topological polar surface area (TPSA) is 29.3 Å². The number of nitrogens with two attached hydrogens (primary N) is 1. The van der Waals surface area contributed by atoms with Crippen LogP contribution in [0.2, 0.25) is 5.02 Å². The molecule has 0 bridgehead atoms. The van der Waals surface area contributed by atoms with Crippen molar-refractivity contribution in [3.63, 3.8) is 0 Å². The Morgan fingerprint density at radius 3 is 2.65 bits per heavy atom. The number of halogens is 3. The number of hydrogen-bond donors (Lipinski definition) is 1. The molecule has 1 heterocycles. The molecule has 17 heavy (non-hydrogen) atoms. The zero-order valence-electron chi connectivity index (χ0n) is 9.86. The van der Waals surface area contributed by atoms with Crippen LogP contribution < -0.4 is 10.6 Å². The summed E-state index contributed by atoms with van der Waals surface area (Å²) in [6.07, 6.45) is 2.57. The average molecular weight is 298 g/mol. The third-order valence-corrected chi connectivity index (χ3v) is 3.27. The second-order valence-corrected chi connectivity index (χ2v) is 4.81. The number of nitrogens with zero attached hydrogens (tertiary/aromatic N) is 1. The molecule has 1 aromatic carbocycles. The Kier molecular flexibility index (Phi) is 7.07. The maximum atomic E-state index is 6.19. The molecule has 0 spiro atoms. The van der Waals surface area contributed by atoms with E-state index in [1.807, 2.05) is 18.2 Å². The number of anilines is 2. The van der Waals surface area contributed by atoms with Gasteiger partial charge >= 0.3 is 0 Å². The van der Waals surface area contributed by atoms with Crippen molar-refractivity contribution >= 4 is 47.8 Å². The van der Waals surface area contributed by atoms with Gasteiger partial charge in [0.15, 0.2) is 0 Å². The highest BCUT2D eigenvalue weighted by molar-refractivity contribution is 6.33. The molecule has 1 unspecified atom stereocenters. The summed E-state index contributed by atoms with van der Waals surface area (Å²) in [5.74, 6) is 0.757. The van der Waals surface area contributed by atoms with Crippen molar-refractivity contribution in [3.05, 3.63) is 23.2 Å². The summed E-state index contributed by atoms with van der Waals surface area (Å²) >= 11 is 6.19. The van der Waals surface area contributed by atoms with E-state index in [9.17, 15) is 0 Å². The monoisotopic (exact) mass is 296 g/mol. The van der Waals surface area contributed by atoms with Gasteiger partial charge < -0.3 is 10.6 Å². The Balaban J connectivity index is 0.00000128. The highest BCUT2D eigenvalue weighted by Gasteiger charge is 2.18. The molecular formula is C12H19Cl3N2. The van der Waals surface area contributed by atoms with Crippen molar-refractivity contribution in [1.82, 2.24) is 0 Å². The van der Waals surface area contributed by atoms with Crippen LogP contribution in [-0.4, -0.2) is 13.1 Å². The highest BCUT2D eigenvalue weighted by Crippen LogP contribution is 2.30. The fraction of sp³-hybridized carbons (Fsp3) is 0.500. The minimum absolute atomic E-state index is 0. The van der Waals surface area contributed by atoms with E-state index in [4.69, 9.17) is 17.3 Å². The van der Waals surface area contributed by atoms with Crippen LogP contribution in [0.25, 0.3) is 0 Å². The third-order valence-electron chi connectivity index (χ3n) is 2.97. The molecule has 1 fully saturated rings. The van der Waals surface area contributed by atoms with Gasteiger partial charge in [-0.2, -0.15) is 0 Å². The molecule has 5 heteroatoms. The Labute approximate surface area is 120 Å².